The minimum absolute atomic E-state index is 0.101. The summed E-state index contributed by atoms with van der Waals surface area (Å²) in [7, 11) is 0. The molecule has 4 rings (SSSR count). The van der Waals surface area contributed by atoms with Gasteiger partial charge in [0.15, 0.2) is 0 Å². The van der Waals surface area contributed by atoms with E-state index in [1.165, 1.54) is 16.2 Å². The fraction of sp³-hybridized carbons (Fsp3) is 0.389. The topological polar surface area (TPSA) is 92.1 Å². The van der Waals surface area contributed by atoms with Gasteiger partial charge in [0.25, 0.3) is 5.56 Å². The number of carbonyl (C=O) groups is 1. The lowest BCUT2D eigenvalue weighted by Gasteiger charge is -2.30. The van der Waals surface area contributed by atoms with E-state index in [4.69, 9.17) is 5.73 Å². The first-order chi connectivity index (χ1) is 12.5. The predicted octanol–water partition coefficient (Wildman–Crippen LogP) is 2.72. The highest BCUT2D eigenvalue weighted by molar-refractivity contribution is 7.19. The number of likely N-dealkylation sites (tertiary alicyclic amines) is 1. The summed E-state index contributed by atoms with van der Waals surface area (Å²) in [5.74, 6) is 0.277. The molecule has 0 aromatic carbocycles. The van der Waals surface area contributed by atoms with Gasteiger partial charge >= 0.3 is 0 Å². The van der Waals surface area contributed by atoms with Gasteiger partial charge in [-0.15, -0.1) is 22.7 Å². The number of aryl methyl sites for hydroxylation is 1. The first kappa shape index (κ1) is 17.4. The van der Waals surface area contributed by atoms with Crippen LogP contribution < -0.4 is 11.3 Å². The summed E-state index contributed by atoms with van der Waals surface area (Å²) in [6.07, 6.45) is 1.77. The number of hydrogen-bond donors (Lipinski definition) is 2. The molecule has 0 bridgehead atoms. The normalized spacial score (nSPS) is 18.4. The zero-order chi connectivity index (χ0) is 18.3. The lowest BCUT2D eigenvalue weighted by atomic mass is 9.97. The molecular weight excluding hydrogens is 368 g/mol. The van der Waals surface area contributed by atoms with Gasteiger partial charge in [0.05, 0.1) is 17.8 Å². The maximum Gasteiger partial charge on any atom is 0.260 e. The van der Waals surface area contributed by atoms with Gasteiger partial charge in [-0.05, 0) is 38.4 Å². The zero-order valence-electron chi connectivity index (χ0n) is 14.4. The molecule has 3 N–H and O–H groups in total. The van der Waals surface area contributed by atoms with Crippen molar-refractivity contribution < 1.29 is 4.79 Å². The van der Waals surface area contributed by atoms with E-state index in [-0.39, 0.29) is 17.4 Å². The number of amides is 1. The van der Waals surface area contributed by atoms with Gasteiger partial charge in [0.1, 0.15) is 10.7 Å². The van der Waals surface area contributed by atoms with E-state index in [9.17, 15) is 9.59 Å². The van der Waals surface area contributed by atoms with Crippen LogP contribution in [-0.4, -0.2) is 33.9 Å². The summed E-state index contributed by atoms with van der Waals surface area (Å²) in [6, 6.07) is 4.11. The number of nitrogens with one attached hydrogen (secondary N) is 1. The fourth-order valence-electron chi connectivity index (χ4n) is 3.47. The molecule has 8 heteroatoms. The molecule has 3 aromatic rings. The number of thiophene rings is 2. The van der Waals surface area contributed by atoms with Gasteiger partial charge in [0.2, 0.25) is 5.91 Å². The Bertz CT molecular complexity index is 1020. The van der Waals surface area contributed by atoms with Gasteiger partial charge in [-0.1, -0.05) is 0 Å². The number of primary amides is 1. The Balaban J connectivity index is 1.62. The van der Waals surface area contributed by atoms with E-state index in [1.54, 1.807) is 11.3 Å². The molecular formula is C18H20N4O2S2. The molecule has 1 atom stereocenters. The van der Waals surface area contributed by atoms with Crippen molar-refractivity contribution in [2.75, 3.05) is 13.1 Å². The van der Waals surface area contributed by atoms with Crippen molar-refractivity contribution in [3.63, 3.8) is 0 Å². The third-order valence-electron chi connectivity index (χ3n) is 4.78. The molecule has 1 aliphatic heterocycles. The minimum atomic E-state index is -0.249. The predicted molar refractivity (Wildman–Crippen MR) is 105 cm³/mol. The molecule has 136 valence electrons. The van der Waals surface area contributed by atoms with Crippen LogP contribution in [-0.2, 0) is 11.3 Å². The second-order valence-electron chi connectivity index (χ2n) is 6.73. The molecule has 0 spiro atoms. The van der Waals surface area contributed by atoms with Crippen molar-refractivity contribution >= 4 is 38.8 Å². The molecule has 1 aliphatic rings. The molecule has 3 aromatic heterocycles. The standard InChI is InChI=1S/C18H20N4O2S2/c1-10-4-5-13(26-10)12-9-25-18-15(12)17(24)20-14(21-18)8-22-6-2-3-11(7-22)16(19)23/h4-5,9,11H,2-3,6-8H2,1H3,(H2,19,23)(H,20,21,24)/t11-/m0/s1. The second-order valence-corrected chi connectivity index (χ2v) is 8.88. The monoisotopic (exact) mass is 388 g/mol. The Hall–Kier alpha value is -2.03. The molecule has 1 amide bonds. The Morgan fingerprint density at radius 2 is 2.31 bits per heavy atom. The number of nitrogens with two attached hydrogens (primary N) is 1. The molecule has 4 heterocycles. The summed E-state index contributed by atoms with van der Waals surface area (Å²) < 4.78 is 0. The van der Waals surface area contributed by atoms with Crippen LogP contribution >= 0.6 is 22.7 Å². The fourth-order valence-corrected chi connectivity index (χ4v) is 5.39. The number of hydrogen-bond acceptors (Lipinski definition) is 6. The largest absolute Gasteiger partial charge is 0.369 e. The summed E-state index contributed by atoms with van der Waals surface area (Å²) in [6.45, 7) is 4.10. The zero-order valence-corrected chi connectivity index (χ0v) is 16.1. The number of piperidine rings is 1. The lowest BCUT2D eigenvalue weighted by Crippen LogP contribution is -2.41. The van der Waals surface area contributed by atoms with Crippen LogP contribution in [0.15, 0.2) is 22.3 Å². The van der Waals surface area contributed by atoms with Crippen molar-refractivity contribution in [1.29, 1.82) is 0 Å². The average molecular weight is 389 g/mol. The number of rotatable bonds is 4. The third kappa shape index (κ3) is 3.32. The van der Waals surface area contributed by atoms with Crippen LogP contribution in [0.2, 0.25) is 0 Å². The van der Waals surface area contributed by atoms with Crippen molar-refractivity contribution in [3.8, 4) is 10.4 Å². The summed E-state index contributed by atoms with van der Waals surface area (Å²) in [5, 5.41) is 2.67. The van der Waals surface area contributed by atoms with Crippen LogP contribution in [0, 0.1) is 12.8 Å². The van der Waals surface area contributed by atoms with Gasteiger partial charge in [-0.3, -0.25) is 14.5 Å². The van der Waals surface area contributed by atoms with Gasteiger partial charge in [0, 0.05) is 27.2 Å². The Kier molecular flexibility index (Phi) is 4.64. The van der Waals surface area contributed by atoms with Crippen LogP contribution in [0.4, 0.5) is 0 Å². The maximum absolute atomic E-state index is 12.7. The smallest absolute Gasteiger partial charge is 0.260 e. The van der Waals surface area contributed by atoms with Crippen molar-refractivity contribution in [2.45, 2.75) is 26.3 Å². The van der Waals surface area contributed by atoms with E-state index in [0.29, 0.717) is 24.3 Å². The molecule has 26 heavy (non-hydrogen) atoms. The third-order valence-corrected chi connectivity index (χ3v) is 6.69. The highest BCUT2D eigenvalue weighted by Gasteiger charge is 2.24. The molecule has 0 saturated carbocycles. The summed E-state index contributed by atoms with van der Waals surface area (Å²) in [4.78, 5) is 36.9. The highest BCUT2D eigenvalue weighted by Crippen LogP contribution is 2.35. The number of carbonyl (C=O) groups excluding carboxylic acids is 1. The summed E-state index contributed by atoms with van der Waals surface area (Å²) in [5.41, 5.74) is 6.30. The molecule has 0 radical (unpaired) electrons. The Labute approximate surface area is 158 Å². The number of H-pyrrole nitrogens is 1. The number of aromatic amines is 1. The van der Waals surface area contributed by atoms with E-state index in [2.05, 4.69) is 27.9 Å². The van der Waals surface area contributed by atoms with Gasteiger partial charge in [-0.2, -0.15) is 0 Å². The first-order valence-electron chi connectivity index (χ1n) is 8.60. The SMILES string of the molecule is Cc1ccc(-c2csc3nc(CN4CCC[C@H](C(N)=O)C4)[nH]c(=O)c23)s1. The number of fused-ring (bicyclic) bond motifs is 1. The van der Waals surface area contributed by atoms with Crippen LogP contribution in [0.25, 0.3) is 20.7 Å². The van der Waals surface area contributed by atoms with Crippen molar-refractivity contribution in [1.82, 2.24) is 14.9 Å². The molecule has 1 saturated heterocycles. The van der Waals surface area contributed by atoms with Crippen LogP contribution in [0.3, 0.4) is 0 Å². The van der Waals surface area contributed by atoms with Crippen LogP contribution in [0.1, 0.15) is 23.5 Å². The molecule has 0 unspecified atom stereocenters. The average Bonchev–Trinajstić information content (AvgIpc) is 3.21. The molecule has 0 aliphatic carbocycles. The van der Waals surface area contributed by atoms with Crippen LogP contribution in [0.5, 0.6) is 0 Å². The lowest BCUT2D eigenvalue weighted by molar-refractivity contribution is -0.123. The van der Waals surface area contributed by atoms with Crippen molar-refractivity contribution in [3.05, 3.63) is 38.6 Å². The summed E-state index contributed by atoms with van der Waals surface area (Å²) >= 11 is 3.18. The quantitative estimate of drug-likeness (QED) is 0.719. The van der Waals surface area contributed by atoms with Gasteiger partial charge in [-0.25, -0.2) is 4.98 Å². The molecule has 1 fully saturated rings. The Morgan fingerprint density at radius 3 is 3.04 bits per heavy atom. The first-order valence-corrected chi connectivity index (χ1v) is 10.3. The maximum atomic E-state index is 12.7. The minimum Gasteiger partial charge on any atom is -0.369 e. The molecule has 6 nitrogen and oxygen atoms in total. The van der Waals surface area contributed by atoms with E-state index in [0.717, 1.165) is 34.7 Å². The number of aromatic nitrogens is 2. The Morgan fingerprint density at radius 1 is 1.46 bits per heavy atom. The van der Waals surface area contributed by atoms with Gasteiger partial charge < -0.3 is 10.7 Å². The van der Waals surface area contributed by atoms with E-state index >= 15 is 0 Å². The van der Waals surface area contributed by atoms with E-state index in [1.807, 2.05) is 11.4 Å². The van der Waals surface area contributed by atoms with E-state index < -0.39 is 0 Å². The second kappa shape index (κ2) is 6.94. The highest BCUT2D eigenvalue weighted by atomic mass is 32.1. The van der Waals surface area contributed by atoms with Crippen molar-refractivity contribution in [2.24, 2.45) is 11.7 Å². The number of nitrogens with zero attached hydrogens (tertiary/aromatic N) is 2.